The predicted octanol–water partition coefficient (Wildman–Crippen LogP) is 3.48. The highest BCUT2D eigenvalue weighted by Crippen LogP contribution is 2.37. The van der Waals surface area contributed by atoms with Gasteiger partial charge in [-0.15, -0.1) is 0 Å². The lowest BCUT2D eigenvalue weighted by Crippen LogP contribution is -2.15. The lowest BCUT2D eigenvalue weighted by atomic mass is 10.0. The number of nitrogens with zero attached hydrogens (tertiary/aromatic N) is 3. The molecule has 0 bridgehead atoms. The molecule has 0 spiro atoms. The van der Waals surface area contributed by atoms with Crippen molar-refractivity contribution in [2.24, 2.45) is 18.0 Å². The van der Waals surface area contributed by atoms with Gasteiger partial charge in [-0.05, 0) is 41.8 Å². The van der Waals surface area contributed by atoms with E-state index in [0.717, 1.165) is 39.0 Å². The van der Waals surface area contributed by atoms with Crippen LogP contribution in [0.4, 0.5) is 10.2 Å². The molecule has 7 heteroatoms. The number of hydrogen-bond donors (Lipinski definition) is 1. The van der Waals surface area contributed by atoms with Crippen LogP contribution in [0.15, 0.2) is 35.5 Å². The number of aromatic nitrogens is 2. The maximum absolute atomic E-state index is 13.1. The average Bonchev–Trinajstić information content (AvgIpc) is 3.11. The van der Waals surface area contributed by atoms with Crippen molar-refractivity contribution in [3.63, 3.8) is 0 Å². The van der Waals surface area contributed by atoms with Crippen LogP contribution in [0.1, 0.15) is 17.5 Å². The van der Waals surface area contributed by atoms with Gasteiger partial charge in [-0.25, -0.2) is 9.37 Å². The van der Waals surface area contributed by atoms with Gasteiger partial charge in [0, 0.05) is 24.2 Å². The van der Waals surface area contributed by atoms with Crippen molar-refractivity contribution in [1.82, 2.24) is 9.55 Å². The minimum Gasteiger partial charge on any atom is -0.496 e. The SMILES string of the molecule is COc1cc2c(cc1-c1cc3cc(NC(=O)[C@@H]4C[C@@H]4F)ncc3n1C)C=NC2. The third kappa shape index (κ3) is 2.66. The molecular weight excluding hydrogens is 359 g/mol. The zero-order chi connectivity index (χ0) is 19.4. The van der Waals surface area contributed by atoms with E-state index in [1.165, 1.54) is 0 Å². The van der Waals surface area contributed by atoms with E-state index >= 15 is 0 Å². The number of ether oxygens (including phenoxy) is 1. The smallest absolute Gasteiger partial charge is 0.231 e. The van der Waals surface area contributed by atoms with Crippen molar-refractivity contribution in [2.45, 2.75) is 19.1 Å². The molecule has 6 nitrogen and oxygen atoms in total. The topological polar surface area (TPSA) is 68.5 Å². The summed E-state index contributed by atoms with van der Waals surface area (Å²) in [6.45, 7) is 0.675. The first-order valence-electron chi connectivity index (χ1n) is 9.16. The second-order valence-corrected chi connectivity index (χ2v) is 7.29. The van der Waals surface area contributed by atoms with Crippen molar-refractivity contribution < 1.29 is 13.9 Å². The normalized spacial score (nSPS) is 19.7. The molecule has 1 fully saturated rings. The number of anilines is 1. The molecule has 2 aromatic heterocycles. The quantitative estimate of drug-likeness (QED) is 0.756. The summed E-state index contributed by atoms with van der Waals surface area (Å²) in [5.74, 6) is 0.373. The number of carbonyl (C=O) groups is 1. The number of carbonyl (C=O) groups excluding carboxylic acids is 1. The monoisotopic (exact) mass is 378 g/mol. The first kappa shape index (κ1) is 16.9. The number of pyridine rings is 1. The van der Waals surface area contributed by atoms with Crippen molar-refractivity contribution in [1.29, 1.82) is 0 Å². The second-order valence-electron chi connectivity index (χ2n) is 7.29. The maximum atomic E-state index is 13.1. The Hall–Kier alpha value is -3.22. The minimum absolute atomic E-state index is 0.297. The molecule has 28 heavy (non-hydrogen) atoms. The van der Waals surface area contributed by atoms with Gasteiger partial charge in [0.05, 0.1) is 37.0 Å². The molecular formula is C21H19FN4O2. The molecule has 2 atom stereocenters. The lowest BCUT2D eigenvalue weighted by Gasteiger charge is -2.12. The Bertz CT molecular complexity index is 1150. The Morgan fingerprint density at radius 3 is 2.89 bits per heavy atom. The summed E-state index contributed by atoms with van der Waals surface area (Å²) >= 11 is 0. The van der Waals surface area contributed by atoms with Crippen LogP contribution in [0.2, 0.25) is 0 Å². The molecule has 5 rings (SSSR count). The van der Waals surface area contributed by atoms with Gasteiger partial charge in [-0.1, -0.05) is 0 Å². The zero-order valence-electron chi connectivity index (χ0n) is 15.6. The zero-order valence-corrected chi connectivity index (χ0v) is 15.6. The molecule has 1 N–H and O–H groups in total. The maximum Gasteiger partial charge on any atom is 0.231 e. The molecule has 142 valence electrons. The van der Waals surface area contributed by atoms with Crippen LogP contribution in [0.3, 0.4) is 0 Å². The van der Waals surface area contributed by atoms with E-state index < -0.39 is 12.1 Å². The number of rotatable bonds is 4. The van der Waals surface area contributed by atoms with Gasteiger partial charge >= 0.3 is 0 Å². The number of methoxy groups -OCH3 is 1. The van der Waals surface area contributed by atoms with Gasteiger partial charge in [-0.2, -0.15) is 0 Å². The van der Waals surface area contributed by atoms with Crippen molar-refractivity contribution in [2.75, 3.05) is 12.4 Å². The van der Waals surface area contributed by atoms with Gasteiger partial charge in [0.15, 0.2) is 0 Å². The first-order chi connectivity index (χ1) is 13.5. The second kappa shape index (κ2) is 6.15. The number of amides is 1. The van der Waals surface area contributed by atoms with Crippen LogP contribution in [-0.4, -0.2) is 35.0 Å². The largest absolute Gasteiger partial charge is 0.496 e. The number of halogens is 1. The summed E-state index contributed by atoms with van der Waals surface area (Å²) in [6, 6.07) is 7.97. The standard InChI is InChI=1S/C21H19FN4O2/c1-26-17(15-3-12-8-23-9-13(12)5-19(15)28-2)4-11-6-20(24-10-18(11)26)25-21(27)14-7-16(14)22/h3-6,8,10,14,16H,7,9H2,1-2H3,(H,24,25,27)/t14-,16+/m1/s1. The average molecular weight is 378 g/mol. The highest BCUT2D eigenvalue weighted by molar-refractivity contribution is 5.97. The molecule has 1 saturated carbocycles. The van der Waals surface area contributed by atoms with E-state index in [1.54, 1.807) is 13.3 Å². The molecule has 1 amide bonds. The Morgan fingerprint density at radius 1 is 1.32 bits per heavy atom. The van der Waals surface area contributed by atoms with Crippen LogP contribution in [-0.2, 0) is 18.4 Å². The van der Waals surface area contributed by atoms with Crippen LogP contribution < -0.4 is 10.1 Å². The summed E-state index contributed by atoms with van der Waals surface area (Å²) in [5.41, 5.74) is 5.12. The third-order valence-corrected chi connectivity index (χ3v) is 5.46. The van der Waals surface area contributed by atoms with Gasteiger partial charge in [0.1, 0.15) is 17.7 Å². The van der Waals surface area contributed by atoms with Crippen molar-refractivity contribution in [3.8, 4) is 17.0 Å². The summed E-state index contributed by atoms with van der Waals surface area (Å²) in [4.78, 5) is 20.6. The summed E-state index contributed by atoms with van der Waals surface area (Å²) < 4.78 is 20.7. The molecule has 2 aliphatic rings. The number of aliphatic imine (C=N–C) groups is 1. The number of alkyl halides is 1. The van der Waals surface area contributed by atoms with Crippen molar-refractivity contribution in [3.05, 3.63) is 41.6 Å². The molecule has 1 aliphatic heterocycles. The van der Waals surface area contributed by atoms with E-state index in [1.807, 2.05) is 36.0 Å². The molecule has 3 heterocycles. The molecule has 0 unspecified atom stereocenters. The van der Waals surface area contributed by atoms with Crippen molar-refractivity contribution >= 4 is 28.8 Å². The van der Waals surface area contributed by atoms with E-state index in [2.05, 4.69) is 21.4 Å². The van der Waals surface area contributed by atoms with E-state index in [4.69, 9.17) is 4.74 Å². The Kier molecular flexibility index (Phi) is 3.72. The summed E-state index contributed by atoms with van der Waals surface area (Å²) in [7, 11) is 3.63. The fourth-order valence-electron chi connectivity index (χ4n) is 3.72. The lowest BCUT2D eigenvalue weighted by molar-refractivity contribution is -0.117. The Balaban J connectivity index is 1.55. The summed E-state index contributed by atoms with van der Waals surface area (Å²) in [5, 5.41) is 3.65. The van der Waals surface area contributed by atoms with Gasteiger partial charge in [0.2, 0.25) is 5.91 Å². The minimum atomic E-state index is -1.03. The fourth-order valence-corrected chi connectivity index (χ4v) is 3.72. The third-order valence-electron chi connectivity index (χ3n) is 5.46. The highest BCUT2D eigenvalue weighted by Gasteiger charge is 2.43. The first-order valence-corrected chi connectivity index (χ1v) is 9.16. The van der Waals surface area contributed by atoms with Gasteiger partial charge in [0.25, 0.3) is 0 Å². The molecule has 0 saturated heterocycles. The Morgan fingerprint density at radius 2 is 2.14 bits per heavy atom. The fraction of sp³-hybridized carbons (Fsp3) is 0.286. The van der Waals surface area contributed by atoms with Gasteiger partial charge in [-0.3, -0.25) is 9.79 Å². The number of hydrogen-bond acceptors (Lipinski definition) is 4. The van der Waals surface area contributed by atoms with Crippen LogP contribution in [0.25, 0.3) is 22.2 Å². The number of aryl methyl sites for hydroxylation is 1. The van der Waals surface area contributed by atoms with E-state index in [0.29, 0.717) is 18.8 Å². The molecule has 1 aromatic carbocycles. The molecule has 3 aromatic rings. The van der Waals surface area contributed by atoms with E-state index in [-0.39, 0.29) is 5.91 Å². The number of fused-ring (bicyclic) bond motifs is 2. The number of benzene rings is 1. The summed E-state index contributed by atoms with van der Waals surface area (Å²) in [6.07, 6.45) is 2.87. The number of nitrogens with one attached hydrogen (secondary N) is 1. The van der Waals surface area contributed by atoms with Crippen LogP contribution in [0, 0.1) is 5.92 Å². The predicted molar refractivity (Wildman–Crippen MR) is 106 cm³/mol. The molecule has 1 aliphatic carbocycles. The Labute approximate surface area is 161 Å². The van der Waals surface area contributed by atoms with E-state index in [9.17, 15) is 9.18 Å². The highest BCUT2D eigenvalue weighted by atomic mass is 19.1. The molecule has 0 radical (unpaired) electrons. The van der Waals surface area contributed by atoms with Crippen LogP contribution >= 0.6 is 0 Å². The van der Waals surface area contributed by atoms with Gasteiger partial charge < -0.3 is 14.6 Å². The van der Waals surface area contributed by atoms with Crippen LogP contribution in [0.5, 0.6) is 5.75 Å².